The van der Waals surface area contributed by atoms with Gasteiger partial charge in [-0.1, -0.05) is 268 Å². The lowest BCUT2D eigenvalue weighted by Crippen LogP contribution is -2.30. The molecule has 0 spiro atoms. The molecule has 0 heterocycles. The fraction of sp³-hybridized carbons (Fsp3) is 0.575. The first-order valence-electron chi connectivity index (χ1n) is 31.6. The number of hydrogen-bond acceptors (Lipinski definition) is 6. The van der Waals surface area contributed by atoms with Gasteiger partial charge in [-0.25, -0.2) is 0 Å². The predicted octanol–water partition coefficient (Wildman–Crippen LogP) is 21.9. The highest BCUT2D eigenvalue weighted by atomic mass is 16.6. The Morgan fingerprint density at radius 3 is 0.797 bits per heavy atom. The zero-order chi connectivity index (χ0) is 57.1. The van der Waals surface area contributed by atoms with Crippen LogP contribution in [0, 0.1) is 0 Å². The smallest absolute Gasteiger partial charge is 0.306 e. The molecule has 79 heavy (non-hydrogen) atoms. The van der Waals surface area contributed by atoms with E-state index in [4.69, 9.17) is 14.2 Å². The highest BCUT2D eigenvalue weighted by molar-refractivity contribution is 5.71. The summed E-state index contributed by atoms with van der Waals surface area (Å²) in [4.78, 5) is 38.0. The van der Waals surface area contributed by atoms with Crippen LogP contribution in [0.25, 0.3) is 0 Å². The number of carbonyl (C=O) groups excluding carboxylic acids is 3. The van der Waals surface area contributed by atoms with Gasteiger partial charge in [0.1, 0.15) is 13.2 Å². The van der Waals surface area contributed by atoms with Crippen molar-refractivity contribution >= 4 is 17.9 Å². The molecule has 0 rings (SSSR count). The normalized spacial score (nSPS) is 13.3. The van der Waals surface area contributed by atoms with Crippen LogP contribution < -0.4 is 0 Å². The number of ether oxygens (including phenoxy) is 3. The molecule has 0 radical (unpaired) electrons. The first-order valence-corrected chi connectivity index (χ1v) is 31.6. The van der Waals surface area contributed by atoms with Gasteiger partial charge in [0.2, 0.25) is 0 Å². The summed E-state index contributed by atoms with van der Waals surface area (Å²) in [5.74, 6) is -0.971. The molecular formula is C73H114O6. The van der Waals surface area contributed by atoms with E-state index in [-0.39, 0.29) is 37.5 Å². The van der Waals surface area contributed by atoms with Crippen molar-refractivity contribution in [3.8, 4) is 0 Å². The molecule has 6 heteroatoms. The molecule has 0 aliphatic carbocycles. The Kier molecular flexibility index (Phi) is 61.0. The van der Waals surface area contributed by atoms with Crippen LogP contribution in [0.2, 0.25) is 0 Å². The summed E-state index contributed by atoms with van der Waals surface area (Å²) in [6, 6.07) is 0. The molecule has 1 unspecified atom stereocenters. The molecule has 0 amide bonds. The van der Waals surface area contributed by atoms with Gasteiger partial charge in [-0.2, -0.15) is 0 Å². The Balaban J connectivity index is 4.25. The van der Waals surface area contributed by atoms with Gasteiger partial charge >= 0.3 is 17.9 Å². The van der Waals surface area contributed by atoms with E-state index in [0.29, 0.717) is 19.3 Å². The molecule has 0 saturated heterocycles. The molecule has 1 atom stereocenters. The topological polar surface area (TPSA) is 78.9 Å². The van der Waals surface area contributed by atoms with Crippen LogP contribution in [0.15, 0.2) is 170 Å². The van der Waals surface area contributed by atoms with Crippen LogP contribution >= 0.6 is 0 Å². The van der Waals surface area contributed by atoms with Crippen LogP contribution in [0.4, 0.5) is 0 Å². The third kappa shape index (κ3) is 63.5. The third-order valence-electron chi connectivity index (χ3n) is 12.7. The fourth-order valence-corrected chi connectivity index (χ4v) is 8.05. The second-order valence-electron chi connectivity index (χ2n) is 20.2. The van der Waals surface area contributed by atoms with Crippen LogP contribution in [0.1, 0.15) is 252 Å². The van der Waals surface area contributed by atoms with Crippen molar-refractivity contribution in [2.24, 2.45) is 0 Å². The van der Waals surface area contributed by atoms with Crippen LogP contribution in [0.3, 0.4) is 0 Å². The number of carbonyl (C=O) groups is 3. The van der Waals surface area contributed by atoms with Gasteiger partial charge in [-0.3, -0.25) is 14.4 Å². The number of hydrogen-bond donors (Lipinski definition) is 0. The lowest BCUT2D eigenvalue weighted by Gasteiger charge is -2.18. The number of allylic oxidation sites excluding steroid dienone is 28. The largest absolute Gasteiger partial charge is 0.462 e. The van der Waals surface area contributed by atoms with Crippen molar-refractivity contribution in [3.05, 3.63) is 170 Å². The Morgan fingerprint density at radius 1 is 0.266 bits per heavy atom. The third-order valence-corrected chi connectivity index (χ3v) is 12.7. The second-order valence-corrected chi connectivity index (χ2v) is 20.2. The van der Waals surface area contributed by atoms with Gasteiger partial charge in [0.25, 0.3) is 0 Å². The van der Waals surface area contributed by atoms with E-state index < -0.39 is 6.10 Å². The lowest BCUT2D eigenvalue weighted by molar-refractivity contribution is -0.167. The van der Waals surface area contributed by atoms with Gasteiger partial charge in [-0.05, 0) is 135 Å². The predicted molar refractivity (Wildman–Crippen MR) is 343 cm³/mol. The van der Waals surface area contributed by atoms with Gasteiger partial charge in [0.05, 0.1) is 0 Å². The van der Waals surface area contributed by atoms with Crippen molar-refractivity contribution in [1.29, 1.82) is 0 Å². The van der Waals surface area contributed by atoms with E-state index in [9.17, 15) is 14.4 Å². The number of unbranched alkanes of at least 4 members (excludes halogenated alkanes) is 16. The number of rotatable bonds is 55. The van der Waals surface area contributed by atoms with E-state index >= 15 is 0 Å². The Hall–Kier alpha value is -5.23. The minimum Gasteiger partial charge on any atom is -0.462 e. The lowest BCUT2D eigenvalue weighted by atomic mass is 10.1. The second kappa shape index (κ2) is 65.3. The fourth-order valence-electron chi connectivity index (χ4n) is 8.05. The highest BCUT2D eigenvalue weighted by Gasteiger charge is 2.19. The van der Waals surface area contributed by atoms with Crippen LogP contribution in [0.5, 0.6) is 0 Å². The monoisotopic (exact) mass is 1090 g/mol. The molecule has 0 aliphatic heterocycles. The zero-order valence-corrected chi connectivity index (χ0v) is 50.6. The SMILES string of the molecule is CC/C=C\C/C=C\C/C=C\C/C=C\C/C=C\C/C=C\C/C=C\C/C=C\CCCCCCCCCCC(=O)OCC(COC(=O)CCCCCCCCC)OC(=O)CCCC/C=C\C/C=C\C/C=C\C/C=C\C/C=C\C/C=C\CC. The quantitative estimate of drug-likeness (QED) is 0.0261. The van der Waals surface area contributed by atoms with Crippen molar-refractivity contribution in [2.45, 2.75) is 258 Å². The van der Waals surface area contributed by atoms with E-state index in [0.717, 1.165) is 148 Å². The summed E-state index contributed by atoms with van der Waals surface area (Å²) >= 11 is 0. The average molecular weight is 1090 g/mol. The van der Waals surface area contributed by atoms with E-state index in [1.165, 1.54) is 57.8 Å². The Labute approximate surface area is 485 Å². The molecule has 0 aromatic carbocycles. The van der Waals surface area contributed by atoms with Crippen molar-refractivity contribution in [3.63, 3.8) is 0 Å². The average Bonchev–Trinajstić information content (AvgIpc) is 3.45. The van der Waals surface area contributed by atoms with Crippen molar-refractivity contribution in [2.75, 3.05) is 13.2 Å². The van der Waals surface area contributed by atoms with Gasteiger partial charge in [-0.15, -0.1) is 0 Å². The maximum Gasteiger partial charge on any atom is 0.306 e. The van der Waals surface area contributed by atoms with Crippen molar-refractivity contribution < 1.29 is 28.6 Å². The van der Waals surface area contributed by atoms with Gasteiger partial charge in [0.15, 0.2) is 6.10 Å². The van der Waals surface area contributed by atoms with Gasteiger partial charge < -0.3 is 14.2 Å². The minimum atomic E-state index is -0.810. The van der Waals surface area contributed by atoms with E-state index in [1.807, 2.05) is 0 Å². The van der Waals surface area contributed by atoms with Crippen LogP contribution in [-0.2, 0) is 28.6 Å². The molecule has 442 valence electrons. The van der Waals surface area contributed by atoms with Gasteiger partial charge in [0, 0.05) is 19.3 Å². The highest BCUT2D eigenvalue weighted by Crippen LogP contribution is 2.14. The summed E-state index contributed by atoms with van der Waals surface area (Å²) in [7, 11) is 0. The molecule has 0 bridgehead atoms. The Morgan fingerprint density at radius 2 is 0.494 bits per heavy atom. The molecule has 0 aromatic heterocycles. The van der Waals surface area contributed by atoms with E-state index in [1.54, 1.807) is 0 Å². The van der Waals surface area contributed by atoms with E-state index in [2.05, 4.69) is 191 Å². The summed E-state index contributed by atoms with van der Waals surface area (Å²) in [5, 5.41) is 0. The Bertz CT molecular complexity index is 1820. The molecule has 0 aliphatic rings. The minimum absolute atomic E-state index is 0.104. The summed E-state index contributed by atoms with van der Waals surface area (Å²) in [6.07, 6.45) is 96.7. The summed E-state index contributed by atoms with van der Waals surface area (Å²) in [5.41, 5.74) is 0. The van der Waals surface area contributed by atoms with Crippen molar-refractivity contribution in [1.82, 2.24) is 0 Å². The molecule has 0 N–H and O–H groups in total. The standard InChI is InChI=1S/C73H114O6/c1-4-7-10-13-16-18-20-22-24-26-28-30-31-32-33-34-35-36-37-38-39-40-41-43-44-46-48-50-52-54-57-60-63-66-72(75)78-69-70(68-77-71(74)65-62-59-56-15-12-9-6-3)79-73(76)67-64-61-58-55-53-51-49-47-45-42-29-27-25-23-21-19-17-14-11-8-5-2/h7-8,10-11,16-19,22-25,28-30,32-33,35-36,38-39,41-43,47,49,53,55,70H,4-6,9,12-15,20-21,26-27,31,34,37,40,44-46,48,50-52,54,56-69H2,1-3H3/b10-7-,11-8-,18-16-,19-17-,24-22-,25-23-,30-28-,33-32-,36-35-,39-38-,42-29-,43-41-,49-47-,55-53-. The molecule has 0 fully saturated rings. The summed E-state index contributed by atoms with van der Waals surface area (Å²) in [6.45, 7) is 6.31. The summed E-state index contributed by atoms with van der Waals surface area (Å²) < 4.78 is 16.8. The number of esters is 3. The maximum absolute atomic E-state index is 12.8. The molecule has 0 saturated carbocycles. The zero-order valence-electron chi connectivity index (χ0n) is 50.6. The molecule has 0 aromatic rings. The molecule has 6 nitrogen and oxygen atoms in total. The molecular weight excluding hydrogens is 973 g/mol. The first kappa shape index (κ1) is 73.8. The van der Waals surface area contributed by atoms with Crippen LogP contribution in [-0.4, -0.2) is 37.2 Å². The first-order chi connectivity index (χ1) is 39.0. The maximum atomic E-state index is 12.8.